The number of rotatable bonds is 6. The molecule has 0 unspecified atom stereocenters. The van der Waals surface area contributed by atoms with Gasteiger partial charge in [-0.05, 0) is 18.1 Å². The molecule has 96 valence electrons. The quantitative estimate of drug-likeness (QED) is 0.817. The van der Waals surface area contributed by atoms with Crippen LogP contribution in [0.5, 0.6) is 0 Å². The molecule has 1 aromatic carbocycles. The largest absolute Gasteiger partial charge is 0.385 e. The van der Waals surface area contributed by atoms with Gasteiger partial charge in [0.05, 0.1) is 0 Å². The van der Waals surface area contributed by atoms with E-state index in [9.17, 15) is 0 Å². The number of hydrogen-bond donors (Lipinski definition) is 1. The van der Waals surface area contributed by atoms with E-state index in [1.165, 1.54) is 24.1 Å². The van der Waals surface area contributed by atoms with Crippen LogP contribution in [0.2, 0.25) is 0 Å². The van der Waals surface area contributed by atoms with Gasteiger partial charge in [0.2, 0.25) is 0 Å². The first-order chi connectivity index (χ1) is 8.83. The molecule has 0 aliphatic heterocycles. The molecule has 0 fully saturated rings. The molecule has 0 aliphatic carbocycles. The van der Waals surface area contributed by atoms with Gasteiger partial charge in [-0.1, -0.05) is 38.8 Å². The molecule has 2 aromatic rings. The van der Waals surface area contributed by atoms with E-state index in [1.807, 2.05) is 11.6 Å². The lowest BCUT2D eigenvalue weighted by atomic mass is 10.0. The lowest BCUT2D eigenvalue weighted by molar-refractivity contribution is 0.519. The van der Waals surface area contributed by atoms with E-state index in [1.54, 1.807) is 11.3 Å². The van der Waals surface area contributed by atoms with Crippen molar-refractivity contribution in [3.8, 4) is 10.6 Å². The number of aromatic nitrogens is 1. The van der Waals surface area contributed by atoms with E-state index in [2.05, 4.69) is 48.4 Å². The maximum atomic E-state index is 4.35. The maximum Gasteiger partial charge on any atom is 0.123 e. The van der Waals surface area contributed by atoms with Gasteiger partial charge in [0.1, 0.15) is 5.01 Å². The van der Waals surface area contributed by atoms with Crippen molar-refractivity contribution < 1.29 is 0 Å². The van der Waals surface area contributed by atoms with Crippen molar-refractivity contribution in [3.05, 3.63) is 35.8 Å². The van der Waals surface area contributed by atoms with Crippen LogP contribution in [0.1, 0.15) is 26.7 Å². The second-order valence-electron chi connectivity index (χ2n) is 4.48. The first kappa shape index (κ1) is 13.1. The summed E-state index contributed by atoms with van der Waals surface area (Å²) in [6.45, 7) is 5.55. The lowest BCUT2D eigenvalue weighted by Gasteiger charge is -2.14. The molecule has 18 heavy (non-hydrogen) atoms. The molecule has 2 rings (SSSR count). The number of nitrogens with one attached hydrogen (secondary N) is 1. The Morgan fingerprint density at radius 2 is 2.11 bits per heavy atom. The SMILES string of the molecule is CCC(CC)CNc1cccc(-c2nccs2)c1. The van der Waals surface area contributed by atoms with Crippen molar-refractivity contribution in [3.63, 3.8) is 0 Å². The van der Waals surface area contributed by atoms with E-state index in [-0.39, 0.29) is 0 Å². The van der Waals surface area contributed by atoms with Gasteiger partial charge in [-0.25, -0.2) is 4.98 Å². The van der Waals surface area contributed by atoms with Gasteiger partial charge in [0.15, 0.2) is 0 Å². The summed E-state index contributed by atoms with van der Waals surface area (Å²) in [5, 5.41) is 6.62. The van der Waals surface area contributed by atoms with E-state index in [0.717, 1.165) is 17.5 Å². The molecule has 0 aliphatic rings. The summed E-state index contributed by atoms with van der Waals surface area (Å²) in [4.78, 5) is 4.35. The Kier molecular flexibility index (Phi) is 4.76. The molecule has 1 N–H and O–H groups in total. The number of thiazole rings is 1. The van der Waals surface area contributed by atoms with Crippen LogP contribution in [0.25, 0.3) is 10.6 Å². The molecule has 3 heteroatoms. The second-order valence-corrected chi connectivity index (χ2v) is 5.38. The fraction of sp³-hybridized carbons (Fsp3) is 0.400. The Bertz CT molecular complexity index is 461. The summed E-state index contributed by atoms with van der Waals surface area (Å²) in [6.07, 6.45) is 4.32. The zero-order valence-corrected chi connectivity index (χ0v) is 11.8. The van der Waals surface area contributed by atoms with Gasteiger partial charge in [-0.2, -0.15) is 0 Å². The molecular weight excluding hydrogens is 240 g/mol. The third-order valence-corrected chi connectivity index (χ3v) is 4.11. The minimum absolute atomic E-state index is 0.758. The Labute approximate surface area is 113 Å². The number of hydrogen-bond acceptors (Lipinski definition) is 3. The summed E-state index contributed by atoms with van der Waals surface area (Å²) >= 11 is 1.68. The maximum absolute atomic E-state index is 4.35. The minimum Gasteiger partial charge on any atom is -0.385 e. The van der Waals surface area contributed by atoms with Gasteiger partial charge in [-0.15, -0.1) is 11.3 Å². The predicted octanol–water partition coefficient (Wildman–Crippen LogP) is 4.66. The first-order valence-electron chi connectivity index (χ1n) is 6.57. The van der Waals surface area contributed by atoms with Gasteiger partial charge in [0.25, 0.3) is 0 Å². The fourth-order valence-electron chi connectivity index (χ4n) is 1.97. The second kappa shape index (κ2) is 6.55. The molecule has 1 aromatic heterocycles. The smallest absolute Gasteiger partial charge is 0.123 e. The predicted molar refractivity (Wildman–Crippen MR) is 80.1 cm³/mol. The number of nitrogens with zero attached hydrogens (tertiary/aromatic N) is 1. The van der Waals surface area contributed by atoms with Gasteiger partial charge >= 0.3 is 0 Å². The standard InChI is InChI=1S/C15H20N2S/c1-3-12(4-2)11-17-14-7-5-6-13(10-14)15-16-8-9-18-15/h5-10,12,17H,3-4,11H2,1-2H3. The normalized spacial score (nSPS) is 10.8. The van der Waals surface area contributed by atoms with Crippen LogP contribution < -0.4 is 5.32 Å². The molecule has 0 saturated carbocycles. The van der Waals surface area contributed by atoms with Gasteiger partial charge in [0, 0.05) is 29.4 Å². The molecular formula is C15H20N2S. The van der Waals surface area contributed by atoms with E-state index < -0.39 is 0 Å². The van der Waals surface area contributed by atoms with Crippen LogP contribution in [0.15, 0.2) is 35.8 Å². The van der Waals surface area contributed by atoms with Crippen LogP contribution >= 0.6 is 11.3 Å². The molecule has 0 radical (unpaired) electrons. The summed E-state index contributed by atoms with van der Waals surface area (Å²) in [6, 6.07) is 8.51. The van der Waals surface area contributed by atoms with E-state index in [4.69, 9.17) is 0 Å². The van der Waals surface area contributed by atoms with Crippen LogP contribution in [0, 0.1) is 5.92 Å². The zero-order chi connectivity index (χ0) is 12.8. The zero-order valence-electron chi connectivity index (χ0n) is 11.0. The van der Waals surface area contributed by atoms with Crippen molar-refractivity contribution in [1.82, 2.24) is 4.98 Å². The lowest BCUT2D eigenvalue weighted by Crippen LogP contribution is -2.12. The molecule has 0 spiro atoms. The Morgan fingerprint density at radius 1 is 1.28 bits per heavy atom. The highest BCUT2D eigenvalue weighted by Crippen LogP contribution is 2.24. The Morgan fingerprint density at radius 3 is 2.78 bits per heavy atom. The Hall–Kier alpha value is -1.35. The molecule has 0 bridgehead atoms. The topological polar surface area (TPSA) is 24.9 Å². The Balaban J connectivity index is 2.04. The molecule has 1 heterocycles. The third kappa shape index (κ3) is 3.33. The molecule has 0 atom stereocenters. The van der Waals surface area contributed by atoms with Crippen molar-refractivity contribution in [2.24, 2.45) is 5.92 Å². The summed E-state index contributed by atoms with van der Waals surface area (Å²) in [5.41, 5.74) is 2.38. The molecule has 0 amide bonds. The third-order valence-electron chi connectivity index (χ3n) is 3.29. The van der Waals surface area contributed by atoms with Crippen molar-refractivity contribution >= 4 is 17.0 Å². The highest BCUT2D eigenvalue weighted by atomic mass is 32.1. The van der Waals surface area contributed by atoms with Crippen LogP contribution in [-0.2, 0) is 0 Å². The van der Waals surface area contributed by atoms with Crippen LogP contribution in [0.4, 0.5) is 5.69 Å². The van der Waals surface area contributed by atoms with Gasteiger partial charge in [-0.3, -0.25) is 0 Å². The summed E-state index contributed by atoms with van der Waals surface area (Å²) in [5.74, 6) is 0.758. The van der Waals surface area contributed by atoms with Crippen molar-refractivity contribution in [2.75, 3.05) is 11.9 Å². The van der Waals surface area contributed by atoms with Crippen LogP contribution in [-0.4, -0.2) is 11.5 Å². The highest BCUT2D eigenvalue weighted by Gasteiger charge is 2.04. The number of anilines is 1. The highest BCUT2D eigenvalue weighted by molar-refractivity contribution is 7.13. The minimum atomic E-state index is 0.758. The summed E-state index contributed by atoms with van der Waals surface area (Å²) in [7, 11) is 0. The summed E-state index contributed by atoms with van der Waals surface area (Å²) < 4.78 is 0. The van der Waals surface area contributed by atoms with E-state index >= 15 is 0 Å². The van der Waals surface area contributed by atoms with E-state index in [0.29, 0.717) is 0 Å². The average molecular weight is 260 g/mol. The fourth-order valence-corrected chi connectivity index (χ4v) is 2.60. The molecule has 2 nitrogen and oxygen atoms in total. The molecule has 0 saturated heterocycles. The van der Waals surface area contributed by atoms with Gasteiger partial charge < -0.3 is 5.32 Å². The van der Waals surface area contributed by atoms with Crippen molar-refractivity contribution in [1.29, 1.82) is 0 Å². The monoisotopic (exact) mass is 260 g/mol. The number of benzene rings is 1. The van der Waals surface area contributed by atoms with Crippen LogP contribution in [0.3, 0.4) is 0 Å². The van der Waals surface area contributed by atoms with Crippen molar-refractivity contribution in [2.45, 2.75) is 26.7 Å². The first-order valence-corrected chi connectivity index (χ1v) is 7.45. The average Bonchev–Trinajstić information content (AvgIpc) is 2.94.